The van der Waals surface area contributed by atoms with Gasteiger partial charge in [0.05, 0.1) is 28.0 Å². The van der Waals surface area contributed by atoms with Crippen LogP contribution in [0.4, 0.5) is 0 Å². The van der Waals surface area contributed by atoms with Crippen molar-refractivity contribution in [2.45, 2.75) is 0 Å². The van der Waals surface area contributed by atoms with E-state index >= 15 is 0 Å². The lowest BCUT2D eigenvalue weighted by Gasteiger charge is -2.06. The molecule has 0 saturated heterocycles. The maximum Gasteiger partial charge on any atom is 0.336 e. The number of pyridine rings is 1. The first-order valence-corrected chi connectivity index (χ1v) is 7.11. The van der Waals surface area contributed by atoms with Gasteiger partial charge in [0.1, 0.15) is 0 Å². The van der Waals surface area contributed by atoms with Crippen LogP contribution in [0.5, 0.6) is 0 Å². The number of halogens is 1. The number of carboxylic acids is 1. The average Bonchev–Trinajstić information content (AvgIpc) is 2.92. The maximum absolute atomic E-state index is 11.4. The molecule has 0 atom stereocenters. The Morgan fingerprint density at radius 2 is 2.16 bits per heavy atom. The van der Waals surface area contributed by atoms with Crippen LogP contribution in [0.1, 0.15) is 10.4 Å². The highest BCUT2D eigenvalue weighted by molar-refractivity contribution is 9.10. The molecule has 94 valence electrons. The molecular formula is C13H7BrN2O2S. The van der Waals surface area contributed by atoms with Gasteiger partial charge in [-0.3, -0.25) is 0 Å². The number of fused-ring (bicyclic) bond motifs is 1. The number of thiazole rings is 1. The summed E-state index contributed by atoms with van der Waals surface area (Å²) in [5.41, 5.74) is 3.81. The van der Waals surface area contributed by atoms with E-state index < -0.39 is 5.97 Å². The second-order valence-corrected chi connectivity index (χ2v) is 5.44. The van der Waals surface area contributed by atoms with Crippen LogP contribution in [0.15, 0.2) is 39.6 Å². The number of hydrogen-bond donors (Lipinski definition) is 1. The summed E-state index contributed by atoms with van der Waals surface area (Å²) in [6, 6.07) is 6.95. The molecule has 6 heteroatoms. The quantitative estimate of drug-likeness (QED) is 0.773. The summed E-state index contributed by atoms with van der Waals surface area (Å²) in [6.07, 6.45) is 0. The van der Waals surface area contributed by atoms with Gasteiger partial charge in [0, 0.05) is 15.2 Å². The van der Waals surface area contributed by atoms with Crippen LogP contribution < -0.4 is 0 Å². The van der Waals surface area contributed by atoms with Gasteiger partial charge in [0.2, 0.25) is 0 Å². The van der Waals surface area contributed by atoms with E-state index in [1.54, 1.807) is 23.7 Å². The number of benzene rings is 1. The highest BCUT2D eigenvalue weighted by Crippen LogP contribution is 2.29. The van der Waals surface area contributed by atoms with E-state index in [0.717, 1.165) is 4.47 Å². The van der Waals surface area contributed by atoms with Crippen LogP contribution in [0.2, 0.25) is 0 Å². The lowest BCUT2D eigenvalue weighted by Crippen LogP contribution is -2.00. The third kappa shape index (κ3) is 2.13. The molecule has 4 nitrogen and oxygen atoms in total. The van der Waals surface area contributed by atoms with Gasteiger partial charge in [0.25, 0.3) is 0 Å². The monoisotopic (exact) mass is 334 g/mol. The predicted molar refractivity (Wildman–Crippen MR) is 77.5 cm³/mol. The molecule has 0 amide bonds. The van der Waals surface area contributed by atoms with E-state index in [0.29, 0.717) is 22.3 Å². The van der Waals surface area contributed by atoms with Gasteiger partial charge in [-0.15, -0.1) is 11.3 Å². The molecule has 0 radical (unpaired) electrons. The summed E-state index contributed by atoms with van der Waals surface area (Å²) >= 11 is 4.85. The first-order valence-electron chi connectivity index (χ1n) is 5.38. The zero-order valence-electron chi connectivity index (χ0n) is 9.50. The molecule has 3 rings (SSSR count). The number of hydrogen-bond acceptors (Lipinski definition) is 4. The largest absolute Gasteiger partial charge is 0.478 e. The highest BCUT2D eigenvalue weighted by atomic mass is 79.9. The first-order chi connectivity index (χ1) is 9.16. The van der Waals surface area contributed by atoms with Crippen LogP contribution in [0.3, 0.4) is 0 Å². The SMILES string of the molecule is O=C(O)c1cc(-c2cscn2)nc2c(Br)cccc12. The molecule has 0 aliphatic rings. The van der Waals surface area contributed by atoms with Crippen molar-refractivity contribution in [3.63, 3.8) is 0 Å². The van der Waals surface area contributed by atoms with Gasteiger partial charge in [-0.05, 0) is 28.1 Å². The van der Waals surface area contributed by atoms with E-state index in [2.05, 4.69) is 25.9 Å². The third-order valence-corrected chi connectivity index (χ3v) is 3.94. The van der Waals surface area contributed by atoms with Gasteiger partial charge in [-0.2, -0.15) is 0 Å². The number of aromatic carboxylic acids is 1. The minimum atomic E-state index is -0.970. The van der Waals surface area contributed by atoms with E-state index in [9.17, 15) is 9.90 Å². The summed E-state index contributed by atoms with van der Waals surface area (Å²) in [5.74, 6) is -0.970. The van der Waals surface area contributed by atoms with Gasteiger partial charge in [0.15, 0.2) is 0 Å². The number of nitrogens with zero attached hydrogens (tertiary/aromatic N) is 2. The minimum Gasteiger partial charge on any atom is -0.478 e. The predicted octanol–water partition coefficient (Wildman–Crippen LogP) is 3.82. The fourth-order valence-electron chi connectivity index (χ4n) is 1.86. The zero-order chi connectivity index (χ0) is 13.4. The molecule has 0 saturated carbocycles. The number of carbonyl (C=O) groups is 1. The van der Waals surface area contributed by atoms with Crippen molar-refractivity contribution in [2.75, 3.05) is 0 Å². The number of aromatic nitrogens is 2. The summed E-state index contributed by atoms with van der Waals surface area (Å²) in [4.78, 5) is 20.1. The zero-order valence-corrected chi connectivity index (χ0v) is 11.9. The first kappa shape index (κ1) is 12.3. The molecule has 19 heavy (non-hydrogen) atoms. The van der Waals surface area contributed by atoms with E-state index in [1.165, 1.54) is 11.3 Å². The molecular weight excluding hydrogens is 328 g/mol. The van der Waals surface area contributed by atoms with Crippen LogP contribution in [0, 0.1) is 0 Å². The number of carboxylic acid groups (broad SMARTS) is 1. The van der Waals surface area contributed by atoms with Crippen molar-refractivity contribution in [1.29, 1.82) is 0 Å². The Bertz CT molecular complexity index is 772. The second kappa shape index (κ2) is 4.71. The molecule has 1 N–H and O–H groups in total. The Labute approximate surface area is 120 Å². The summed E-state index contributed by atoms with van der Waals surface area (Å²) in [6.45, 7) is 0. The van der Waals surface area contributed by atoms with Crippen molar-refractivity contribution >= 4 is 44.1 Å². The van der Waals surface area contributed by atoms with Crippen LogP contribution in [0.25, 0.3) is 22.3 Å². The van der Waals surface area contributed by atoms with Crippen molar-refractivity contribution in [2.24, 2.45) is 0 Å². The molecule has 0 bridgehead atoms. The van der Waals surface area contributed by atoms with E-state index in [-0.39, 0.29) is 5.56 Å². The normalized spacial score (nSPS) is 10.8. The minimum absolute atomic E-state index is 0.231. The number of rotatable bonds is 2. The summed E-state index contributed by atoms with van der Waals surface area (Å²) in [5, 5.41) is 11.8. The average molecular weight is 335 g/mol. The molecule has 1 aromatic carbocycles. The smallest absolute Gasteiger partial charge is 0.336 e. The van der Waals surface area contributed by atoms with E-state index in [4.69, 9.17) is 0 Å². The van der Waals surface area contributed by atoms with Crippen molar-refractivity contribution in [3.8, 4) is 11.4 Å². The standard InChI is InChI=1S/C13H7BrN2O2S/c14-9-3-1-2-7-8(13(17)18)4-10(16-12(7)9)11-5-19-6-15-11/h1-6H,(H,17,18). The fourth-order valence-corrected chi connectivity index (χ4v) is 2.86. The third-order valence-electron chi connectivity index (χ3n) is 2.72. The van der Waals surface area contributed by atoms with Crippen LogP contribution >= 0.6 is 27.3 Å². The van der Waals surface area contributed by atoms with Gasteiger partial charge < -0.3 is 5.11 Å². The Morgan fingerprint density at radius 3 is 2.84 bits per heavy atom. The van der Waals surface area contributed by atoms with E-state index in [1.807, 2.05) is 11.4 Å². The Balaban J connectivity index is 2.38. The molecule has 0 aliphatic carbocycles. The topological polar surface area (TPSA) is 63.1 Å². The Morgan fingerprint density at radius 1 is 1.32 bits per heavy atom. The Hall–Kier alpha value is -1.79. The van der Waals surface area contributed by atoms with Gasteiger partial charge >= 0.3 is 5.97 Å². The maximum atomic E-state index is 11.4. The molecule has 2 aromatic heterocycles. The molecule has 0 unspecified atom stereocenters. The van der Waals surface area contributed by atoms with Crippen molar-refractivity contribution in [1.82, 2.24) is 9.97 Å². The van der Waals surface area contributed by atoms with Crippen LogP contribution in [-0.2, 0) is 0 Å². The lowest BCUT2D eigenvalue weighted by atomic mass is 10.1. The summed E-state index contributed by atoms with van der Waals surface area (Å²) in [7, 11) is 0. The lowest BCUT2D eigenvalue weighted by molar-refractivity contribution is 0.0699. The van der Waals surface area contributed by atoms with Crippen molar-refractivity contribution < 1.29 is 9.90 Å². The molecule has 2 heterocycles. The van der Waals surface area contributed by atoms with Crippen molar-refractivity contribution in [3.05, 3.63) is 45.2 Å². The summed E-state index contributed by atoms with van der Waals surface area (Å²) < 4.78 is 0.768. The van der Waals surface area contributed by atoms with Gasteiger partial charge in [-0.25, -0.2) is 14.8 Å². The molecule has 0 spiro atoms. The Kier molecular flexibility index (Phi) is 3.04. The molecule has 0 aliphatic heterocycles. The fraction of sp³-hybridized carbons (Fsp3) is 0. The van der Waals surface area contributed by atoms with Crippen LogP contribution in [-0.4, -0.2) is 21.0 Å². The second-order valence-electron chi connectivity index (χ2n) is 3.87. The number of para-hydroxylation sites is 1. The highest BCUT2D eigenvalue weighted by Gasteiger charge is 2.15. The van der Waals surface area contributed by atoms with Gasteiger partial charge in [-0.1, -0.05) is 12.1 Å². The molecule has 3 aromatic rings. The molecule has 0 fully saturated rings.